The van der Waals surface area contributed by atoms with Gasteiger partial charge in [-0.2, -0.15) is 0 Å². The van der Waals surface area contributed by atoms with Crippen LogP contribution in [0.25, 0.3) is 0 Å². The van der Waals surface area contributed by atoms with Gasteiger partial charge in [-0.3, -0.25) is 5.41 Å². The van der Waals surface area contributed by atoms with E-state index in [4.69, 9.17) is 10.1 Å². The van der Waals surface area contributed by atoms with Crippen molar-refractivity contribution in [3.05, 3.63) is 34.3 Å². The molecule has 0 heterocycles. The van der Waals surface area contributed by atoms with Crippen LogP contribution in [0, 0.1) is 5.41 Å². The lowest BCUT2D eigenvalue weighted by atomic mass is 10.1. The van der Waals surface area contributed by atoms with Crippen molar-refractivity contribution in [3.63, 3.8) is 0 Å². The molecule has 2 nitrogen and oxygen atoms in total. The van der Waals surface area contributed by atoms with Crippen LogP contribution in [0.5, 0.6) is 0 Å². The summed E-state index contributed by atoms with van der Waals surface area (Å²) in [6.07, 6.45) is 1.53. The molecule has 0 aromatic heterocycles. The Hall–Kier alpha value is -0.830. The van der Waals surface area contributed by atoms with E-state index in [1.807, 2.05) is 24.3 Å². The van der Waals surface area contributed by atoms with Gasteiger partial charge in [0.15, 0.2) is 5.90 Å². The van der Waals surface area contributed by atoms with Crippen LogP contribution in [0.2, 0.25) is 0 Å². The number of ether oxygens (including phenoxy) is 1. The zero-order chi connectivity index (χ0) is 9.68. The predicted octanol–water partition coefficient (Wildman–Crippen LogP) is 3.01. The van der Waals surface area contributed by atoms with E-state index in [0.29, 0.717) is 12.3 Å². The van der Waals surface area contributed by atoms with E-state index >= 15 is 0 Å². The summed E-state index contributed by atoms with van der Waals surface area (Å²) in [5.41, 5.74) is 1.23. The number of hydrogen-bond donors (Lipinski definition) is 1. The molecular formula is C10H12BrNO. The Morgan fingerprint density at radius 1 is 1.38 bits per heavy atom. The summed E-state index contributed by atoms with van der Waals surface area (Å²) in [6.45, 7) is 0. The van der Waals surface area contributed by atoms with Gasteiger partial charge in [-0.25, -0.2) is 0 Å². The van der Waals surface area contributed by atoms with Gasteiger partial charge in [0.05, 0.1) is 7.11 Å². The Morgan fingerprint density at radius 3 is 2.54 bits per heavy atom. The Labute approximate surface area is 86.6 Å². The van der Waals surface area contributed by atoms with E-state index in [9.17, 15) is 0 Å². The number of hydrogen-bond acceptors (Lipinski definition) is 2. The molecule has 0 saturated carbocycles. The number of halogens is 1. The molecule has 0 atom stereocenters. The third kappa shape index (κ3) is 3.59. The fourth-order valence-corrected chi connectivity index (χ4v) is 1.28. The predicted molar refractivity (Wildman–Crippen MR) is 57.2 cm³/mol. The minimum Gasteiger partial charge on any atom is -0.484 e. The average Bonchev–Trinajstić information content (AvgIpc) is 2.16. The van der Waals surface area contributed by atoms with Crippen LogP contribution < -0.4 is 0 Å². The van der Waals surface area contributed by atoms with Gasteiger partial charge in [-0.1, -0.05) is 28.1 Å². The molecule has 1 N–H and O–H groups in total. The first-order valence-electron chi connectivity index (χ1n) is 4.08. The molecule has 0 radical (unpaired) electrons. The molecule has 0 unspecified atom stereocenters. The number of methoxy groups -OCH3 is 1. The molecule has 0 bridgehead atoms. The number of benzene rings is 1. The second-order valence-corrected chi connectivity index (χ2v) is 3.67. The zero-order valence-corrected chi connectivity index (χ0v) is 9.10. The smallest absolute Gasteiger partial charge is 0.180 e. The second-order valence-electron chi connectivity index (χ2n) is 2.75. The van der Waals surface area contributed by atoms with Crippen molar-refractivity contribution in [2.75, 3.05) is 7.11 Å². The summed E-state index contributed by atoms with van der Waals surface area (Å²) in [7, 11) is 1.53. The van der Waals surface area contributed by atoms with E-state index < -0.39 is 0 Å². The molecule has 0 aliphatic heterocycles. The van der Waals surface area contributed by atoms with Crippen LogP contribution in [0.3, 0.4) is 0 Å². The molecule has 13 heavy (non-hydrogen) atoms. The first kappa shape index (κ1) is 10.3. The van der Waals surface area contributed by atoms with Crippen molar-refractivity contribution in [3.8, 4) is 0 Å². The van der Waals surface area contributed by atoms with E-state index in [2.05, 4.69) is 15.9 Å². The summed E-state index contributed by atoms with van der Waals surface area (Å²) in [5.74, 6) is 0.336. The van der Waals surface area contributed by atoms with Crippen molar-refractivity contribution in [1.29, 1.82) is 5.41 Å². The molecule has 3 heteroatoms. The topological polar surface area (TPSA) is 33.1 Å². The molecular weight excluding hydrogens is 230 g/mol. The molecule has 0 aliphatic rings. The quantitative estimate of drug-likeness (QED) is 0.641. The molecule has 0 saturated heterocycles. The fraction of sp³-hybridized carbons (Fsp3) is 0.300. The van der Waals surface area contributed by atoms with Gasteiger partial charge >= 0.3 is 0 Å². The SMILES string of the molecule is COC(=N)CCc1ccc(Br)cc1. The van der Waals surface area contributed by atoms with Crippen molar-refractivity contribution in [2.45, 2.75) is 12.8 Å². The van der Waals surface area contributed by atoms with Gasteiger partial charge in [0.2, 0.25) is 0 Å². The highest BCUT2D eigenvalue weighted by molar-refractivity contribution is 9.10. The summed E-state index contributed by atoms with van der Waals surface area (Å²) in [6, 6.07) is 8.11. The highest BCUT2D eigenvalue weighted by Crippen LogP contribution is 2.11. The minimum absolute atomic E-state index is 0.336. The Morgan fingerprint density at radius 2 is 2.00 bits per heavy atom. The molecule has 0 aliphatic carbocycles. The van der Waals surface area contributed by atoms with Crippen LogP contribution in [0.1, 0.15) is 12.0 Å². The maximum atomic E-state index is 7.30. The molecule has 1 rings (SSSR count). The molecule has 1 aromatic rings. The summed E-state index contributed by atoms with van der Waals surface area (Å²) < 4.78 is 5.85. The molecule has 1 aromatic carbocycles. The standard InChI is InChI=1S/C10H12BrNO/c1-13-10(12)7-4-8-2-5-9(11)6-3-8/h2-3,5-6,12H,4,7H2,1H3. The van der Waals surface area contributed by atoms with E-state index in [-0.39, 0.29) is 0 Å². The second kappa shape index (κ2) is 5.02. The zero-order valence-electron chi connectivity index (χ0n) is 7.51. The highest BCUT2D eigenvalue weighted by atomic mass is 79.9. The van der Waals surface area contributed by atoms with Gasteiger partial charge in [0, 0.05) is 10.9 Å². The van der Waals surface area contributed by atoms with Gasteiger partial charge in [-0.05, 0) is 24.1 Å². The fourth-order valence-electron chi connectivity index (χ4n) is 1.01. The summed E-state index contributed by atoms with van der Waals surface area (Å²) >= 11 is 3.37. The largest absolute Gasteiger partial charge is 0.484 e. The molecule has 0 spiro atoms. The van der Waals surface area contributed by atoms with Crippen LogP contribution in [-0.2, 0) is 11.2 Å². The van der Waals surface area contributed by atoms with Crippen LogP contribution in [0.15, 0.2) is 28.7 Å². The third-order valence-electron chi connectivity index (χ3n) is 1.80. The van der Waals surface area contributed by atoms with Crippen molar-refractivity contribution in [1.82, 2.24) is 0 Å². The maximum Gasteiger partial charge on any atom is 0.180 e. The van der Waals surface area contributed by atoms with Crippen LogP contribution in [0.4, 0.5) is 0 Å². The van der Waals surface area contributed by atoms with Gasteiger partial charge in [0.1, 0.15) is 0 Å². The van der Waals surface area contributed by atoms with Gasteiger partial charge in [-0.15, -0.1) is 0 Å². The van der Waals surface area contributed by atoms with E-state index in [1.165, 1.54) is 12.7 Å². The minimum atomic E-state index is 0.336. The number of nitrogens with one attached hydrogen (secondary N) is 1. The van der Waals surface area contributed by atoms with E-state index in [1.54, 1.807) is 0 Å². The summed E-state index contributed by atoms with van der Waals surface area (Å²) in [4.78, 5) is 0. The third-order valence-corrected chi connectivity index (χ3v) is 2.33. The molecule has 0 fully saturated rings. The highest BCUT2D eigenvalue weighted by Gasteiger charge is 1.97. The summed E-state index contributed by atoms with van der Waals surface area (Å²) in [5, 5.41) is 7.30. The Bertz CT molecular complexity index is 281. The first-order valence-corrected chi connectivity index (χ1v) is 4.87. The molecule has 70 valence electrons. The first-order chi connectivity index (χ1) is 6.22. The van der Waals surface area contributed by atoms with Crippen LogP contribution >= 0.6 is 15.9 Å². The lowest BCUT2D eigenvalue weighted by Gasteiger charge is -2.02. The maximum absolute atomic E-state index is 7.30. The average molecular weight is 242 g/mol. The van der Waals surface area contributed by atoms with Gasteiger partial charge in [0.25, 0.3) is 0 Å². The molecule has 0 amide bonds. The Balaban J connectivity index is 2.46. The van der Waals surface area contributed by atoms with Crippen molar-refractivity contribution < 1.29 is 4.74 Å². The van der Waals surface area contributed by atoms with E-state index in [0.717, 1.165) is 10.9 Å². The van der Waals surface area contributed by atoms with Gasteiger partial charge < -0.3 is 4.74 Å². The monoisotopic (exact) mass is 241 g/mol. The lowest BCUT2D eigenvalue weighted by molar-refractivity contribution is 0.386. The van der Waals surface area contributed by atoms with Crippen molar-refractivity contribution >= 4 is 21.8 Å². The number of aryl methyl sites for hydroxylation is 1. The number of rotatable bonds is 3. The van der Waals surface area contributed by atoms with Crippen LogP contribution in [-0.4, -0.2) is 13.0 Å². The normalized spacial score (nSPS) is 9.69. The van der Waals surface area contributed by atoms with Crippen molar-refractivity contribution in [2.24, 2.45) is 0 Å². The Kier molecular flexibility index (Phi) is 3.96. The lowest BCUT2D eigenvalue weighted by Crippen LogP contribution is -2.00.